The van der Waals surface area contributed by atoms with Crippen molar-refractivity contribution in [1.82, 2.24) is 9.80 Å². The summed E-state index contributed by atoms with van der Waals surface area (Å²) >= 11 is 0. The highest BCUT2D eigenvalue weighted by Crippen LogP contribution is 2.46. The minimum atomic E-state index is -0.486. The van der Waals surface area contributed by atoms with Crippen LogP contribution in [0.3, 0.4) is 0 Å². The van der Waals surface area contributed by atoms with Gasteiger partial charge in [-0.25, -0.2) is 0 Å². The fourth-order valence-electron chi connectivity index (χ4n) is 5.36. The summed E-state index contributed by atoms with van der Waals surface area (Å²) in [6.45, 7) is 4.00. The van der Waals surface area contributed by atoms with Crippen molar-refractivity contribution in [3.05, 3.63) is 69.8 Å². The van der Waals surface area contributed by atoms with E-state index in [-0.39, 0.29) is 35.9 Å². The molecule has 10 heteroatoms. The highest BCUT2D eigenvalue weighted by Gasteiger charge is 2.49. The van der Waals surface area contributed by atoms with Crippen molar-refractivity contribution in [2.45, 2.75) is 13.8 Å². The monoisotopic (exact) mass is 510 g/mol. The molecular weight excluding hydrogens is 488 g/mol. The Morgan fingerprint density at radius 2 is 1.00 bits per heavy atom. The number of amidine groups is 2. The number of amides is 4. The zero-order valence-corrected chi connectivity index (χ0v) is 21.1. The van der Waals surface area contributed by atoms with E-state index in [0.717, 1.165) is 0 Å². The van der Waals surface area contributed by atoms with Gasteiger partial charge in [0.25, 0.3) is 23.6 Å². The van der Waals surface area contributed by atoms with Crippen LogP contribution in [0.5, 0.6) is 11.5 Å². The van der Waals surface area contributed by atoms with Crippen molar-refractivity contribution in [3.63, 3.8) is 0 Å². The van der Waals surface area contributed by atoms with Gasteiger partial charge in [-0.15, -0.1) is 0 Å². The quantitative estimate of drug-likeness (QED) is 0.611. The summed E-state index contributed by atoms with van der Waals surface area (Å²) in [5.41, 5.74) is 2.46. The third-order valence-electron chi connectivity index (χ3n) is 7.13. The lowest BCUT2D eigenvalue weighted by molar-refractivity contribution is -0.125. The average Bonchev–Trinajstić information content (AvgIpc) is 3.36. The first-order chi connectivity index (χ1) is 18.3. The van der Waals surface area contributed by atoms with Gasteiger partial charge < -0.3 is 9.47 Å². The van der Waals surface area contributed by atoms with E-state index >= 15 is 0 Å². The summed E-state index contributed by atoms with van der Waals surface area (Å²) in [6.07, 6.45) is 0. The number of carbonyl (C=O) groups excluding carboxylic acids is 4. The Morgan fingerprint density at radius 3 is 1.34 bits per heavy atom. The Hall–Kier alpha value is -4.86. The molecule has 0 aliphatic carbocycles. The lowest BCUT2D eigenvalue weighted by atomic mass is 9.86. The fraction of sp³-hybridized carbons (Fsp3) is 0.214. The number of hydrogen-bond acceptors (Lipinski definition) is 6. The molecule has 2 aromatic rings. The van der Waals surface area contributed by atoms with Gasteiger partial charge in [0.1, 0.15) is 23.2 Å². The molecule has 0 saturated carbocycles. The van der Waals surface area contributed by atoms with Crippen LogP contribution in [0.4, 0.5) is 0 Å². The molecule has 0 fully saturated rings. The topological polar surface area (TPSA) is 118 Å². The van der Waals surface area contributed by atoms with Gasteiger partial charge in [0.15, 0.2) is 0 Å². The summed E-state index contributed by atoms with van der Waals surface area (Å²) in [5.74, 6) is -0.550. The van der Waals surface area contributed by atoms with Crippen LogP contribution in [0.25, 0.3) is 11.1 Å². The molecule has 190 valence electrons. The molecule has 6 rings (SSSR count). The van der Waals surface area contributed by atoms with Crippen molar-refractivity contribution in [3.8, 4) is 11.5 Å². The molecule has 38 heavy (non-hydrogen) atoms. The number of aliphatic imine (C=N–C) groups is 2. The number of fused-ring (bicyclic) bond motifs is 6. The molecule has 0 bridgehead atoms. The van der Waals surface area contributed by atoms with Gasteiger partial charge >= 0.3 is 0 Å². The van der Waals surface area contributed by atoms with E-state index in [1.54, 1.807) is 50.2 Å². The van der Waals surface area contributed by atoms with E-state index in [0.29, 0.717) is 44.9 Å². The molecule has 0 N–H and O–H groups in total. The van der Waals surface area contributed by atoms with E-state index in [2.05, 4.69) is 9.98 Å². The van der Waals surface area contributed by atoms with E-state index in [9.17, 15) is 19.2 Å². The van der Waals surface area contributed by atoms with Crippen LogP contribution in [-0.4, -0.2) is 72.4 Å². The molecule has 10 nitrogen and oxygen atoms in total. The Labute approximate surface area is 217 Å². The molecule has 4 aliphatic rings. The fourth-order valence-corrected chi connectivity index (χ4v) is 5.36. The average molecular weight is 511 g/mol. The molecule has 4 amide bonds. The molecule has 0 spiro atoms. The first-order valence-electron chi connectivity index (χ1n) is 12.1. The summed E-state index contributed by atoms with van der Waals surface area (Å²) in [7, 11) is 3.01. The van der Waals surface area contributed by atoms with Crippen LogP contribution in [-0.2, 0) is 9.59 Å². The lowest BCUT2D eigenvalue weighted by Gasteiger charge is -2.20. The van der Waals surface area contributed by atoms with Gasteiger partial charge in [-0.2, -0.15) is 9.98 Å². The standard InChI is InChI=1S/C28H22N4O6/c1-5-31-23-19(17-11-13(37-3)7-9-15(17)25(33)29-23)21(27(31)35)22-20-18-12-14(38-4)8-10-16(18)26(34)30-24(20)32(6-2)28(22)36/h7-12H,5-6H2,1-4H3. The van der Waals surface area contributed by atoms with E-state index < -0.39 is 23.6 Å². The van der Waals surface area contributed by atoms with Crippen LogP contribution in [0.1, 0.15) is 45.7 Å². The minimum Gasteiger partial charge on any atom is -0.497 e. The second-order valence-electron chi connectivity index (χ2n) is 8.90. The normalized spacial score (nSPS) is 17.9. The van der Waals surface area contributed by atoms with Crippen molar-refractivity contribution >= 4 is 46.4 Å². The van der Waals surface area contributed by atoms with Crippen LogP contribution in [0.2, 0.25) is 0 Å². The molecule has 0 aromatic heterocycles. The van der Waals surface area contributed by atoms with Crippen molar-refractivity contribution in [2.75, 3.05) is 27.3 Å². The number of methoxy groups -OCH3 is 2. The second kappa shape index (κ2) is 8.34. The number of benzene rings is 2. The third-order valence-corrected chi connectivity index (χ3v) is 7.13. The van der Waals surface area contributed by atoms with Crippen molar-refractivity contribution in [1.29, 1.82) is 0 Å². The smallest absolute Gasteiger partial charge is 0.279 e. The Balaban J connectivity index is 1.74. The van der Waals surface area contributed by atoms with E-state index in [1.165, 1.54) is 24.0 Å². The van der Waals surface area contributed by atoms with Crippen molar-refractivity contribution < 1.29 is 28.7 Å². The molecule has 4 heterocycles. The van der Waals surface area contributed by atoms with Crippen molar-refractivity contribution in [2.24, 2.45) is 9.98 Å². The lowest BCUT2D eigenvalue weighted by Crippen LogP contribution is -2.35. The van der Waals surface area contributed by atoms with E-state index in [1.807, 2.05) is 0 Å². The highest BCUT2D eigenvalue weighted by atomic mass is 16.5. The molecular formula is C28H22N4O6. The maximum atomic E-state index is 14.0. The molecule has 0 radical (unpaired) electrons. The molecule has 2 aromatic carbocycles. The van der Waals surface area contributed by atoms with Gasteiger partial charge in [-0.3, -0.25) is 29.0 Å². The molecule has 4 aliphatic heterocycles. The van der Waals surface area contributed by atoms with Gasteiger partial charge in [0.05, 0.1) is 36.5 Å². The predicted octanol–water partition coefficient (Wildman–Crippen LogP) is 2.74. The number of rotatable bonds is 5. The van der Waals surface area contributed by atoms with Gasteiger partial charge in [-0.1, -0.05) is 0 Å². The number of nitrogens with zero attached hydrogens (tertiary/aromatic N) is 4. The van der Waals surface area contributed by atoms with Crippen LogP contribution in [0.15, 0.2) is 57.5 Å². The van der Waals surface area contributed by atoms with Gasteiger partial charge in [-0.05, 0) is 50.2 Å². The van der Waals surface area contributed by atoms with E-state index in [4.69, 9.17) is 9.47 Å². The number of hydrogen-bond donors (Lipinski definition) is 0. The zero-order chi connectivity index (χ0) is 26.9. The summed E-state index contributed by atoms with van der Waals surface area (Å²) in [6, 6.07) is 9.82. The minimum absolute atomic E-state index is 0.111. The number of carbonyl (C=O) groups is 4. The Morgan fingerprint density at radius 1 is 0.605 bits per heavy atom. The van der Waals surface area contributed by atoms with Crippen LogP contribution < -0.4 is 9.47 Å². The molecule has 0 saturated heterocycles. The predicted molar refractivity (Wildman–Crippen MR) is 138 cm³/mol. The van der Waals surface area contributed by atoms with Crippen LogP contribution in [0, 0.1) is 0 Å². The van der Waals surface area contributed by atoms with Gasteiger partial charge in [0, 0.05) is 35.4 Å². The Bertz CT molecular complexity index is 1520. The van der Waals surface area contributed by atoms with Gasteiger partial charge in [0.2, 0.25) is 0 Å². The number of likely N-dealkylation sites (N-methyl/N-ethyl adjacent to an activating group) is 2. The molecule has 0 unspecified atom stereocenters. The second-order valence-corrected chi connectivity index (χ2v) is 8.90. The summed E-state index contributed by atoms with van der Waals surface area (Å²) in [4.78, 5) is 65.1. The molecule has 0 atom stereocenters. The summed E-state index contributed by atoms with van der Waals surface area (Å²) in [5, 5.41) is 0. The maximum absolute atomic E-state index is 14.0. The number of ether oxygens (including phenoxy) is 2. The third kappa shape index (κ3) is 3.00. The maximum Gasteiger partial charge on any atom is 0.279 e. The van der Waals surface area contributed by atoms with Crippen LogP contribution >= 0.6 is 0 Å². The Kier molecular flexibility index (Phi) is 5.16. The SMILES string of the molecule is CCN1C(=O)C(C2=C3C(=NC(=O)c4ccc(OC)cc43)N(CC)C2=O)=C2C1=NC(=O)c1ccc(OC)cc12. The largest absolute Gasteiger partial charge is 0.497 e. The first kappa shape index (κ1) is 23.5. The zero-order valence-electron chi connectivity index (χ0n) is 21.1. The highest BCUT2D eigenvalue weighted by molar-refractivity contribution is 6.50. The summed E-state index contributed by atoms with van der Waals surface area (Å²) < 4.78 is 10.8. The first-order valence-corrected chi connectivity index (χ1v) is 12.1.